The van der Waals surface area contributed by atoms with E-state index in [1.165, 1.54) is 5.56 Å². The summed E-state index contributed by atoms with van der Waals surface area (Å²) in [4.78, 5) is 3.96. The second kappa shape index (κ2) is 4.39. The van der Waals surface area contributed by atoms with Crippen molar-refractivity contribution < 1.29 is 0 Å². The van der Waals surface area contributed by atoms with Gasteiger partial charge in [-0.25, -0.2) is 0 Å². The van der Waals surface area contributed by atoms with Gasteiger partial charge in [-0.1, -0.05) is 6.92 Å². The van der Waals surface area contributed by atoms with E-state index in [0.29, 0.717) is 5.92 Å². The van der Waals surface area contributed by atoms with Crippen molar-refractivity contribution in [3.05, 3.63) is 30.1 Å². The van der Waals surface area contributed by atoms with Crippen LogP contribution in [0.15, 0.2) is 24.5 Å². The summed E-state index contributed by atoms with van der Waals surface area (Å²) in [5.41, 5.74) is 1.35. The lowest BCUT2D eigenvalue weighted by Crippen LogP contribution is -2.00. The Labute approximate surface area is 73.3 Å². The number of nitrogens with zero attached hydrogens (tertiary/aromatic N) is 1. The maximum Gasteiger partial charge on any atom is 0.0270 e. The number of hydrogen-bond acceptors (Lipinski definition) is 2. The second-order valence-electron chi connectivity index (χ2n) is 2.85. The van der Waals surface area contributed by atoms with E-state index in [4.69, 9.17) is 0 Å². The predicted molar refractivity (Wildman–Crippen MR) is 51.0 cm³/mol. The molecule has 0 saturated heterocycles. The van der Waals surface area contributed by atoms with Gasteiger partial charge in [0.15, 0.2) is 0 Å². The quantitative estimate of drug-likeness (QED) is 0.681. The van der Waals surface area contributed by atoms with E-state index < -0.39 is 0 Å². The molecule has 1 nitrogen and oxygen atoms in total. The maximum atomic E-state index is 4.23. The Hall–Kier alpha value is -0.500. The molecule has 0 fully saturated rings. The van der Waals surface area contributed by atoms with E-state index >= 15 is 0 Å². The SMILES string of the molecule is CC(CS)Cc1ccncc1. The van der Waals surface area contributed by atoms with Crippen molar-refractivity contribution in [2.45, 2.75) is 13.3 Å². The minimum absolute atomic E-state index is 0.653. The lowest BCUT2D eigenvalue weighted by molar-refractivity contribution is 0.660. The molecule has 2 heteroatoms. The van der Waals surface area contributed by atoms with Crippen molar-refractivity contribution in [2.24, 2.45) is 5.92 Å². The lowest BCUT2D eigenvalue weighted by Gasteiger charge is -2.06. The Balaban J connectivity index is 2.51. The Morgan fingerprint density at radius 3 is 2.64 bits per heavy atom. The zero-order chi connectivity index (χ0) is 8.10. The molecule has 0 radical (unpaired) electrons. The molecule has 0 spiro atoms. The van der Waals surface area contributed by atoms with E-state index in [1.807, 2.05) is 12.4 Å². The van der Waals surface area contributed by atoms with E-state index in [1.54, 1.807) is 0 Å². The maximum absolute atomic E-state index is 4.23. The molecule has 1 unspecified atom stereocenters. The Morgan fingerprint density at radius 1 is 1.45 bits per heavy atom. The van der Waals surface area contributed by atoms with Crippen LogP contribution in [0.2, 0.25) is 0 Å². The minimum Gasteiger partial charge on any atom is -0.265 e. The van der Waals surface area contributed by atoms with Crippen LogP contribution in [0, 0.1) is 5.92 Å². The lowest BCUT2D eigenvalue weighted by atomic mass is 10.0. The molecule has 11 heavy (non-hydrogen) atoms. The van der Waals surface area contributed by atoms with Gasteiger partial charge in [0.1, 0.15) is 0 Å². The van der Waals surface area contributed by atoms with Crippen molar-refractivity contribution >= 4 is 12.6 Å². The van der Waals surface area contributed by atoms with E-state index in [9.17, 15) is 0 Å². The molecule has 1 heterocycles. The first-order valence-electron chi connectivity index (χ1n) is 3.82. The van der Waals surface area contributed by atoms with Gasteiger partial charge in [0, 0.05) is 12.4 Å². The molecule has 0 amide bonds. The summed E-state index contributed by atoms with van der Waals surface area (Å²) in [6.07, 6.45) is 4.77. The van der Waals surface area contributed by atoms with Crippen molar-refractivity contribution in [1.82, 2.24) is 4.98 Å². The standard InChI is InChI=1S/C9H13NS/c1-8(7-11)6-9-2-4-10-5-3-9/h2-5,8,11H,6-7H2,1H3. The smallest absolute Gasteiger partial charge is 0.0270 e. The Morgan fingerprint density at radius 2 is 2.09 bits per heavy atom. The first kappa shape index (κ1) is 8.60. The fraction of sp³-hybridized carbons (Fsp3) is 0.444. The first-order valence-corrected chi connectivity index (χ1v) is 4.46. The van der Waals surface area contributed by atoms with Gasteiger partial charge in [-0.2, -0.15) is 12.6 Å². The van der Waals surface area contributed by atoms with Gasteiger partial charge in [-0.05, 0) is 35.8 Å². The molecule has 60 valence electrons. The summed E-state index contributed by atoms with van der Waals surface area (Å²) in [5.74, 6) is 1.60. The van der Waals surface area contributed by atoms with Crippen LogP contribution in [-0.4, -0.2) is 10.7 Å². The fourth-order valence-electron chi connectivity index (χ4n) is 0.986. The van der Waals surface area contributed by atoms with Gasteiger partial charge in [0.05, 0.1) is 0 Å². The third-order valence-electron chi connectivity index (χ3n) is 1.65. The summed E-state index contributed by atoms with van der Waals surface area (Å²) in [6, 6.07) is 4.11. The number of rotatable bonds is 3. The van der Waals surface area contributed by atoms with Gasteiger partial charge in [-0.3, -0.25) is 4.98 Å². The highest BCUT2D eigenvalue weighted by atomic mass is 32.1. The normalized spacial score (nSPS) is 12.9. The van der Waals surface area contributed by atoms with Crippen LogP contribution in [0.4, 0.5) is 0 Å². The first-order chi connectivity index (χ1) is 5.33. The zero-order valence-corrected chi connectivity index (χ0v) is 7.59. The van der Waals surface area contributed by atoms with E-state index in [2.05, 4.69) is 36.7 Å². The molecule has 1 aromatic heterocycles. The van der Waals surface area contributed by atoms with Gasteiger partial charge in [-0.15, -0.1) is 0 Å². The molecule has 0 aromatic carbocycles. The highest BCUT2D eigenvalue weighted by Gasteiger charge is 1.99. The number of pyridine rings is 1. The van der Waals surface area contributed by atoms with Gasteiger partial charge in [0.2, 0.25) is 0 Å². The van der Waals surface area contributed by atoms with Crippen molar-refractivity contribution in [3.63, 3.8) is 0 Å². The molecule has 0 aliphatic rings. The highest BCUT2D eigenvalue weighted by Crippen LogP contribution is 2.07. The average molecular weight is 167 g/mol. The monoisotopic (exact) mass is 167 g/mol. The van der Waals surface area contributed by atoms with Crippen LogP contribution in [0.25, 0.3) is 0 Å². The van der Waals surface area contributed by atoms with Crippen LogP contribution in [-0.2, 0) is 6.42 Å². The Kier molecular flexibility index (Phi) is 3.43. The predicted octanol–water partition coefficient (Wildman–Crippen LogP) is 2.19. The molecule has 0 aliphatic carbocycles. The van der Waals surface area contributed by atoms with E-state index in [-0.39, 0.29) is 0 Å². The van der Waals surface area contributed by atoms with E-state index in [0.717, 1.165) is 12.2 Å². The largest absolute Gasteiger partial charge is 0.265 e. The summed E-state index contributed by atoms with van der Waals surface area (Å²) >= 11 is 4.23. The molecule has 1 aromatic rings. The summed E-state index contributed by atoms with van der Waals surface area (Å²) in [6.45, 7) is 2.20. The number of hydrogen-bond donors (Lipinski definition) is 1. The zero-order valence-electron chi connectivity index (χ0n) is 6.70. The molecule has 1 rings (SSSR count). The van der Waals surface area contributed by atoms with Gasteiger partial charge >= 0.3 is 0 Å². The molecular weight excluding hydrogens is 154 g/mol. The van der Waals surface area contributed by atoms with Crippen molar-refractivity contribution in [1.29, 1.82) is 0 Å². The van der Waals surface area contributed by atoms with Gasteiger partial charge < -0.3 is 0 Å². The van der Waals surface area contributed by atoms with Crippen molar-refractivity contribution in [3.8, 4) is 0 Å². The highest BCUT2D eigenvalue weighted by molar-refractivity contribution is 7.80. The summed E-state index contributed by atoms with van der Waals surface area (Å²) in [5, 5.41) is 0. The fourth-order valence-corrected chi connectivity index (χ4v) is 1.11. The number of aromatic nitrogens is 1. The summed E-state index contributed by atoms with van der Waals surface area (Å²) in [7, 11) is 0. The number of thiol groups is 1. The third kappa shape index (κ3) is 2.93. The van der Waals surface area contributed by atoms with Crippen LogP contribution >= 0.6 is 12.6 Å². The molecule has 0 N–H and O–H groups in total. The average Bonchev–Trinajstić information content (AvgIpc) is 2.06. The van der Waals surface area contributed by atoms with Gasteiger partial charge in [0.25, 0.3) is 0 Å². The van der Waals surface area contributed by atoms with Crippen LogP contribution in [0.1, 0.15) is 12.5 Å². The third-order valence-corrected chi connectivity index (χ3v) is 2.27. The topological polar surface area (TPSA) is 12.9 Å². The molecule has 0 aliphatic heterocycles. The second-order valence-corrected chi connectivity index (χ2v) is 3.21. The molecule has 0 bridgehead atoms. The minimum atomic E-state index is 0.653. The Bertz CT molecular complexity index is 198. The molecule has 1 atom stereocenters. The van der Waals surface area contributed by atoms with Crippen LogP contribution in [0.3, 0.4) is 0 Å². The van der Waals surface area contributed by atoms with Crippen LogP contribution < -0.4 is 0 Å². The summed E-state index contributed by atoms with van der Waals surface area (Å²) < 4.78 is 0. The molecule has 0 saturated carbocycles. The van der Waals surface area contributed by atoms with Crippen molar-refractivity contribution in [2.75, 3.05) is 5.75 Å². The molecular formula is C9H13NS. The van der Waals surface area contributed by atoms with Crippen LogP contribution in [0.5, 0.6) is 0 Å².